The first-order chi connectivity index (χ1) is 9.40. The number of carbonyl (C=O) groups is 2. The second-order valence-corrected chi connectivity index (χ2v) is 5.04. The van der Waals surface area contributed by atoms with Crippen molar-refractivity contribution in [2.45, 2.75) is 32.0 Å². The van der Waals surface area contributed by atoms with Gasteiger partial charge in [0, 0.05) is 25.6 Å². The second-order valence-electron chi connectivity index (χ2n) is 5.04. The molecule has 7 heteroatoms. The van der Waals surface area contributed by atoms with Crippen LogP contribution in [0.15, 0.2) is 16.7 Å². The highest BCUT2D eigenvalue weighted by molar-refractivity contribution is 5.83. The number of hydrogen-bond donors (Lipinski definition) is 2. The summed E-state index contributed by atoms with van der Waals surface area (Å²) in [5, 5.41) is 18.7. The van der Waals surface area contributed by atoms with Crippen molar-refractivity contribution < 1.29 is 24.2 Å². The largest absolute Gasteiger partial charge is 0.480 e. The lowest BCUT2D eigenvalue weighted by molar-refractivity contribution is -0.141. The van der Waals surface area contributed by atoms with Gasteiger partial charge in [0.1, 0.15) is 11.8 Å². The smallest absolute Gasteiger partial charge is 0.326 e. The second kappa shape index (κ2) is 5.54. The molecule has 110 valence electrons. The normalized spacial score (nSPS) is 22.1. The van der Waals surface area contributed by atoms with Crippen molar-refractivity contribution in [2.75, 3.05) is 13.6 Å². The van der Waals surface area contributed by atoms with Crippen LogP contribution in [0.1, 0.15) is 17.7 Å². The van der Waals surface area contributed by atoms with Crippen LogP contribution in [0.25, 0.3) is 0 Å². The number of carboxylic acids is 1. The maximum atomic E-state index is 12.3. The maximum absolute atomic E-state index is 12.3. The summed E-state index contributed by atoms with van der Waals surface area (Å²) in [7, 11) is 1.60. The molecule has 2 heterocycles. The van der Waals surface area contributed by atoms with E-state index >= 15 is 0 Å². The predicted molar refractivity (Wildman–Crippen MR) is 69.1 cm³/mol. The van der Waals surface area contributed by atoms with Gasteiger partial charge in [-0.05, 0) is 13.0 Å². The topological polar surface area (TPSA) is 94.2 Å². The number of aliphatic carboxylic acids is 1. The molecule has 1 aliphatic rings. The third kappa shape index (κ3) is 2.77. The molecule has 2 atom stereocenters. The summed E-state index contributed by atoms with van der Waals surface area (Å²) in [4.78, 5) is 26.0. The Labute approximate surface area is 116 Å². The molecule has 1 aliphatic heterocycles. The molecule has 0 bridgehead atoms. The fourth-order valence-corrected chi connectivity index (χ4v) is 2.38. The minimum absolute atomic E-state index is 0.0461. The van der Waals surface area contributed by atoms with E-state index < -0.39 is 24.1 Å². The number of carbonyl (C=O) groups excluding carboxylic acids is 1. The molecule has 20 heavy (non-hydrogen) atoms. The summed E-state index contributed by atoms with van der Waals surface area (Å²) in [5.41, 5.74) is 0.868. The van der Waals surface area contributed by atoms with Gasteiger partial charge in [-0.1, -0.05) is 0 Å². The van der Waals surface area contributed by atoms with E-state index in [1.165, 1.54) is 9.80 Å². The molecule has 0 aromatic carbocycles. The molecular weight excluding hydrogens is 264 g/mol. The molecule has 1 saturated heterocycles. The highest BCUT2D eigenvalue weighted by Gasteiger charge is 2.40. The molecule has 1 aromatic rings. The molecule has 7 nitrogen and oxygen atoms in total. The van der Waals surface area contributed by atoms with Gasteiger partial charge in [0.2, 0.25) is 0 Å². The molecule has 1 fully saturated rings. The molecule has 1 aromatic heterocycles. The van der Waals surface area contributed by atoms with Gasteiger partial charge in [0.15, 0.2) is 0 Å². The zero-order valence-electron chi connectivity index (χ0n) is 11.4. The summed E-state index contributed by atoms with van der Waals surface area (Å²) in [6.07, 6.45) is 0.826. The van der Waals surface area contributed by atoms with Crippen LogP contribution < -0.4 is 0 Å². The molecule has 1 unspecified atom stereocenters. The van der Waals surface area contributed by atoms with Crippen molar-refractivity contribution in [1.82, 2.24) is 9.80 Å². The van der Waals surface area contributed by atoms with Crippen LogP contribution in [0.3, 0.4) is 0 Å². The summed E-state index contributed by atoms with van der Waals surface area (Å²) < 4.78 is 5.16. The maximum Gasteiger partial charge on any atom is 0.326 e. The van der Waals surface area contributed by atoms with Crippen LogP contribution in [0, 0.1) is 6.92 Å². The summed E-state index contributed by atoms with van der Waals surface area (Å²) in [5.74, 6) is -0.372. The van der Waals surface area contributed by atoms with Crippen LogP contribution in [0.2, 0.25) is 0 Å². The van der Waals surface area contributed by atoms with Gasteiger partial charge in [0.05, 0.1) is 18.9 Å². The van der Waals surface area contributed by atoms with E-state index in [-0.39, 0.29) is 13.0 Å². The third-order valence-corrected chi connectivity index (χ3v) is 3.51. The molecule has 0 radical (unpaired) electrons. The number of aliphatic hydroxyl groups excluding tert-OH is 1. The zero-order valence-corrected chi connectivity index (χ0v) is 11.4. The minimum Gasteiger partial charge on any atom is -0.480 e. The van der Waals surface area contributed by atoms with Gasteiger partial charge in [0.25, 0.3) is 0 Å². The number of hydrogen-bond acceptors (Lipinski definition) is 4. The van der Waals surface area contributed by atoms with Crippen molar-refractivity contribution in [3.8, 4) is 0 Å². The van der Waals surface area contributed by atoms with Gasteiger partial charge < -0.3 is 24.4 Å². The van der Waals surface area contributed by atoms with Crippen molar-refractivity contribution in [3.05, 3.63) is 23.7 Å². The molecule has 2 rings (SSSR count). The van der Waals surface area contributed by atoms with E-state index in [2.05, 4.69) is 0 Å². The molecule has 2 amide bonds. The lowest BCUT2D eigenvalue weighted by Crippen LogP contribution is -2.46. The highest BCUT2D eigenvalue weighted by Crippen LogP contribution is 2.21. The van der Waals surface area contributed by atoms with Gasteiger partial charge in [-0.2, -0.15) is 0 Å². The van der Waals surface area contributed by atoms with E-state index in [4.69, 9.17) is 9.52 Å². The van der Waals surface area contributed by atoms with E-state index in [0.717, 1.165) is 11.3 Å². The zero-order chi connectivity index (χ0) is 14.9. The van der Waals surface area contributed by atoms with Crippen LogP contribution in [0.4, 0.5) is 4.79 Å². The van der Waals surface area contributed by atoms with E-state index in [9.17, 15) is 14.7 Å². The van der Waals surface area contributed by atoms with Crippen molar-refractivity contribution in [3.63, 3.8) is 0 Å². The Hall–Kier alpha value is -2.02. The van der Waals surface area contributed by atoms with E-state index in [1.54, 1.807) is 26.3 Å². The number of rotatable bonds is 3. The number of urea groups is 1. The van der Waals surface area contributed by atoms with E-state index in [1.807, 2.05) is 0 Å². The Morgan fingerprint density at radius 3 is 2.80 bits per heavy atom. The van der Waals surface area contributed by atoms with Crippen molar-refractivity contribution in [1.29, 1.82) is 0 Å². The first kappa shape index (κ1) is 14.4. The fourth-order valence-electron chi connectivity index (χ4n) is 2.38. The number of carboxylic acid groups (broad SMARTS) is 1. The number of aryl methyl sites for hydroxylation is 1. The number of furan rings is 1. The molecule has 0 saturated carbocycles. The fraction of sp³-hybridized carbons (Fsp3) is 0.538. The molecule has 0 spiro atoms. The van der Waals surface area contributed by atoms with Crippen LogP contribution in [0.5, 0.6) is 0 Å². The lowest BCUT2D eigenvalue weighted by atomic mass is 10.2. The molecule has 0 aliphatic carbocycles. The monoisotopic (exact) mass is 282 g/mol. The van der Waals surface area contributed by atoms with Gasteiger partial charge in [-0.25, -0.2) is 9.59 Å². The first-order valence-electron chi connectivity index (χ1n) is 6.35. The number of nitrogens with zero attached hydrogens (tertiary/aromatic N) is 2. The Morgan fingerprint density at radius 2 is 2.25 bits per heavy atom. The van der Waals surface area contributed by atoms with Crippen molar-refractivity contribution in [2.24, 2.45) is 0 Å². The lowest BCUT2D eigenvalue weighted by Gasteiger charge is -2.27. The van der Waals surface area contributed by atoms with Gasteiger partial charge in [-0.3, -0.25) is 0 Å². The molecular formula is C13H18N2O5. The summed E-state index contributed by atoms with van der Waals surface area (Å²) in [6.45, 7) is 2.18. The minimum atomic E-state index is -1.09. The SMILES string of the molecule is Cc1occc1CN(C)C(=O)N1CC(O)C[C@H]1C(=O)O. The summed E-state index contributed by atoms with van der Waals surface area (Å²) >= 11 is 0. The average molecular weight is 282 g/mol. The van der Waals surface area contributed by atoms with Crippen LogP contribution >= 0.6 is 0 Å². The van der Waals surface area contributed by atoms with Gasteiger partial charge in [-0.15, -0.1) is 0 Å². The standard InChI is InChI=1S/C13H18N2O5/c1-8-9(3-4-20-8)6-14(2)13(19)15-7-10(16)5-11(15)12(17)18/h3-4,10-11,16H,5-7H2,1-2H3,(H,17,18)/t10?,11-/m0/s1. The van der Waals surface area contributed by atoms with Crippen molar-refractivity contribution >= 4 is 12.0 Å². The van der Waals surface area contributed by atoms with Crippen LogP contribution in [-0.2, 0) is 11.3 Å². The van der Waals surface area contributed by atoms with Gasteiger partial charge >= 0.3 is 12.0 Å². The number of likely N-dealkylation sites (tertiary alicyclic amines) is 1. The number of aliphatic hydroxyl groups is 1. The predicted octanol–water partition coefficient (Wildman–Crippen LogP) is 0.660. The van der Waals surface area contributed by atoms with Crippen LogP contribution in [-0.4, -0.2) is 57.8 Å². The third-order valence-electron chi connectivity index (χ3n) is 3.51. The Morgan fingerprint density at radius 1 is 1.55 bits per heavy atom. The highest BCUT2D eigenvalue weighted by atomic mass is 16.4. The van der Waals surface area contributed by atoms with E-state index in [0.29, 0.717) is 6.54 Å². The average Bonchev–Trinajstić information content (AvgIpc) is 2.95. The Kier molecular flexibility index (Phi) is 3.99. The first-order valence-corrected chi connectivity index (χ1v) is 6.35. The molecule has 2 N–H and O–H groups in total. The number of amides is 2. The quantitative estimate of drug-likeness (QED) is 0.849. The number of β-amino-alcohol motifs (C(OH)–C–C–N with tert-alkyl or cyclic N) is 1. The summed E-state index contributed by atoms with van der Waals surface area (Å²) in [6, 6.07) is 0.395. The Balaban J connectivity index is 2.06. The Bertz CT molecular complexity index is 513.